The Bertz CT molecular complexity index is 228. The van der Waals surface area contributed by atoms with Crippen molar-refractivity contribution >= 4 is 14.3 Å². The molecule has 3 nitrogen and oxygen atoms in total. The van der Waals surface area contributed by atoms with E-state index in [1.54, 1.807) is 6.92 Å². The number of carbonyl (C=O) groups excluding carboxylic acids is 1. The fraction of sp³-hybridized carbons (Fsp3) is 0.727. The molecular weight excluding hydrogens is 208 g/mol. The molecule has 0 saturated carbocycles. The number of allylic oxidation sites excluding steroid dienone is 1. The summed E-state index contributed by atoms with van der Waals surface area (Å²) in [5.41, 5.74) is 0. The quantitative estimate of drug-likeness (QED) is 0.304. The van der Waals surface area contributed by atoms with Crippen molar-refractivity contribution in [2.75, 3.05) is 6.61 Å². The van der Waals surface area contributed by atoms with Gasteiger partial charge in [0.2, 0.25) is 8.32 Å². The van der Waals surface area contributed by atoms with Crippen LogP contribution in [0.15, 0.2) is 11.8 Å². The average molecular weight is 230 g/mol. The van der Waals surface area contributed by atoms with Gasteiger partial charge in [-0.05, 0) is 33.0 Å². The molecule has 0 heterocycles. The maximum atomic E-state index is 11.3. The van der Waals surface area contributed by atoms with Crippen LogP contribution in [0.5, 0.6) is 0 Å². The maximum absolute atomic E-state index is 11.3. The normalized spacial score (nSPS) is 12.5. The molecule has 0 radical (unpaired) electrons. The Labute approximate surface area is 93.6 Å². The first kappa shape index (κ1) is 14.2. The second-order valence-corrected chi connectivity index (χ2v) is 8.76. The van der Waals surface area contributed by atoms with Gasteiger partial charge in [-0.15, -0.1) is 0 Å². The van der Waals surface area contributed by atoms with Crippen LogP contribution < -0.4 is 0 Å². The van der Waals surface area contributed by atoms with Crippen molar-refractivity contribution in [1.29, 1.82) is 0 Å². The van der Waals surface area contributed by atoms with E-state index in [0.717, 1.165) is 18.6 Å². The predicted octanol–water partition coefficient (Wildman–Crippen LogP) is 3.09. The topological polar surface area (TPSA) is 35.5 Å². The molecule has 15 heavy (non-hydrogen) atoms. The number of rotatable bonds is 6. The number of ether oxygens (including phenoxy) is 1. The predicted molar refractivity (Wildman–Crippen MR) is 64.1 cm³/mol. The lowest BCUT2D eigenvalue weighted by atomic mass is 10.3. The van der Waals surface area contributed by atoms with Crippen molar-refractivity contribution < 1.29 is 14.0 Å². The number of hydrogen-bond acceptors (Lipinski definition) is 3. The molecular formula is C11H22O3Si. The summed E-state index contributed by atoms with van der Waals surface area (Å²) in [6.45, 7) is 10.6. The Kier molecular flexibility index (Phi) is 6.32. The van der Waals surface area contributed by atoms with Crippen molar-refractivity contribution in [2.24, 2.45) is 0 Å². The van der Waals surface area contributed by atoms with Gasteiger partial charge in [-0.1, -0.05) is 6.92 Å². The van der Waals surface area contributed by atoms with E-state index < -0.39 is 8.32 Å². The number of hydrogen-bond donors (Lipinski definition) is 0. The van der Waals surface area contributed by atoms with Gasteiger partial charge in [0.15, 0.2) is 0 Å². The van der Waals surface area contributed by atoms with E-state index in [2.05, 4.69) is 26.6 Å². The van der Waals surface area contributed by atoms with Crippen molar-refractivity contribution in [2.45, 2.75) is 46.3 Å². The van der Waals surface area contributed by atoms with E-state index >= 15 is 0 Å². The van der Waals surface area contributed by atoms with Crippen LogP contribution in [0.2, 0.25) is 19.6 Å². The molecule has 0 unspecified atom stereocenters. The lowest BCUT2D eigenvalue weighted by molar-refractivity contribution is -0.137. The minimum absolute atomic E-state index is 0.306. The molecule has 0 fully saturated rings. The van der Waals surface area contributed by atoms with Gasteiger partial charge >= 0.3 is 5.97 Å². The fourth-order valence-electron chi connectivity index (χ4n) is 1.11. The molecule has 0 rings (SSSR count). The summed E-state index contributed by atoms with van der Waals surface area (Å²) < 4.78 is 10.6. The van der Waals surface area contributed by atoms with Gasteiger partial charge in [-0.3, -0.25) is 0 Å². The average Bonchev–Trinajstić information content (AvgIpc) is 2.01. The summed E-state index contributed by atoms with van der Waals surface area (Å²) in [6.07, 6.45) is 3.24. The molecule has 0 aliphatic rings. The molecule has 0 aliphatic carbocycles. The van der Waals surface area contributed by atoms with Gasteiger partial charge in [-0.2, -0.15) is 0 Å². The summed E-state index contributed by atoms with van der Waals surface area (Å²) in [6, 6.07) is 0. The molecule has 0 N–H and O–H groups in total. The zero-order valence-electron chi connectivity index (χ0n) is 10.4. The monoisotopic (exact) mass is 230 g/mol. The highest BCUT2D eigenvalue weighted by Gasteiger charge is 2.18. The van der Waals surface area contributed by atoms with Gasteiger partial charge in [0.25, 0.3) is 0 Å². The second kappa shape index (κ2) is 6.66. The molecule has 0 atom stereocenters. The van der Waals surface area contributed by atoms with Crippen molar-refractivity contribution in [3.63, 3.8) is 0 Å². The van der Waals surface area contributed by atoms with Gasteiger partial charge in [0, 0.05) is 6.42 Å². The van der Waals surface area contributed by atoms with Crippen molar-refractivity contribution in [1.82, 2.24) is 0 Å². The highest BCUT2D eigenvalue weighted by molar-refractivity contribution is 6.70. The molecule has 0 saturated heterocycles. The van der Waals surface area contributed by atoms with E-state index in [0.29, 0.717) is 6.61 Å². The molecule has 0 spiro atoms. The first-order valence-electron chi connectivity index (χ1n) is 5.45. The van der Waals surface area contributed by atoms with Crippen LogP contribution in [-0.4, -0.2) is 20.9 Å². The van der Waals surface area contributed by atoms with Crippen LogP contribution in [0.3, 0.4) is 0 Å². The highest BCUT2D eigenvalue weighted by Crippen LogP contribution is 2.15. The fourth-order valence-corrected chi connectivity index (χ4v) is 2.06. The molecule has 0 amide bonds. The van der Waals surface area contributed by atoms with Gasteiger partial charge in [-0.25, -0.2) is 4.79 Å². The third-order valence-corrected chi connectivity index (χ3v) is 2.37. The minimum atomic E-state index is -1.62. The van der Waals surface area contributed by atoms with Crippen LogP contribution in [0, 0.1) is 0 Å². The second-order valence-electron chi connectivity index (χ2n) is 4.33. The Morgan fingerprint density at radius 1 is 1.27 bits per heavy atom. The van der Waals surface area contributed by atoms with Crippen LogP contribution >= 0.6 is 0 Å². The lowest BCUT2D eigenvalue weighted by Crippen LogP contribution is -2.25. The first-order chi connectivity index (χ1) is 6.89. The standard InChI is InChI=1S/C11H22O3Si/c1-6-8-10(14-15(3,4)5)9-11(12)13-7-2/h9H,6-8H2,1-5H3/b10-9+. The molecule has 0 aromatic rings. The van der Waals surface area contributed by atoms with Crippen molar-refractivity contribution in [3.05, 3.63) is 11.8 Å². The largest absolute Gasteiger partial charge is 0.547 e. The van der Waals surface area contributed by atoms with E-state index in [1.165, 1.54) is 6.08 Å². The third kappa shape index (κ3) is 8.24. The highest BCUT2D eigenvalue weighted by atomic mass is 28.4. The number of carbonyl (C=O) groups is 1. The van der Waals surface area contributed by atoms with E-state index in [-0.39, 0.29) is 5.97 Å². The molecule has 88 valence electrons. The maximum Gasteiger partial charge on any atom is 0.334 e. The minimum Gasteiger partial charge on any atom is -0.547 e. The molecule has 0 aliphatic heterocycles. The SMILES string of the molecule is CCC/C(=C\C(=O)OCC)O[Si](C)(C)C. The van der Waals surface area contributed by atoms with Gasteiger partial charge < -0.3 is 9.16 Å². The first-order valence-corrected chi connectivity index (χ1v) is 8.86. The van der Waals surface area contributed by atoms with Gasteiger partial charge in [0.05, 0.1) is 18.4 Å². The zero-order valence-corrected chi connectivity index (χ0v) is 11.4. The third-order valence-electron chi connectivity index (χ3n) is 1.50. The lowest BCUT2D eigenvalue weighted by Gasteiger charge is -2.21. The molecule has 0 bridgehead atoms. The van der Waals surface area contributed by atoms with Crippen molar-refractivity contribution in [3.8, 4) is 0 Å². The molecule has 0 aromatic heterocycles. The number of esters is 1. The van der Waals surface area contributed by atoms with Crippen LogP contribution in [0.1, 0.15) is 26.7 Å². The Morgan fingerprint density at radius 3 is 2.27 bits per heavy atom. The Hall–Kier alpha value is -0.773. The Balaban J connectivity index is 4.43. The summed E-state index contributed by atoms with van der Waals surface area (Å²) in [7, 11) is -1.62. The smallest absolute Gasteiger partial charge is 0.334 e. The summed E-state index contributed by atoms with van der Waals surface area (Å²) in [5, 5.41) is 0. The molecule has 0 aromatic carbocycles. The van der Waals surface area contributed by atoms with Crippen LogP contribution in [-0.2, 0) is 14.0 Å². The summed E-state index contributed by atoms with van der Waals surface area (Å²) in [4.78, 5) is 11.3. The van der Waals surface area contributed by atoms with Crippen LogP contribution in [0.25, 0.3) is 0 Å². The summed E-state index contributed by atoms with van der Waals surface area (Å²) in [5.74, 6) is 0.453. The molecule has 4 heteroatoms. The summed E-state index contributed by atoms with van der Waals surface area (Å²) >= 11 is 0. The van der Waals surface area contributed by atoms with E-state index in [1.807, 2.05) is 0 Å². The van der Waals surface area contributed by atoms with Gasteiger partial charge in [0.1, 0.15) is 0 Å². The zero-order chi connectivity index (χ0) is 11.9. The van der Waals surface area contributed by atoms with Crippen LogP contribution in [0.4, 0.5) is 0 Å². The van der Waals surface area contributed by atoms with E-state index in [9.17, 15) is 4.79 Å². The van der Waals surface area contributed by atoms with E-state index in [4.69, 9.17) is 9.16 Å². The Morgan fingerprint density at radius 2 is 1.87 bits per heavy atom.